The minimum atomic E-state index is -0.579. The number of morpholine rings is 1. The van der Waals surface area contributed by atoms with E-state index in [1.807, 2.05) is 55.5 Å². The molecule has 0 saturated carbocycles. The first-order chi connectivity index (χ1) is 16.9. The van der Waals surface area contributed by atoms with Gasteiger partial charge >= 0.3 is 0 Å². The highest BCUT2D eigenvalue weighted by Gasteiger charge is 2.24. The molecule has 0 atom stereocenters. The summed E-state index contributed by atoms with van der Waals surface area (Å²) < 4.78 is 12.3. The Balaban J connectivity index is 1.65. The molecule has 0 aliphatic carbocycles. The lowest BCUT2D eigenvalue weighted by atomic mass is 10.1. The number of benzene rings is 2. The number of carbonyl (C=O) groups excluding carboxylic acids is 2. The zero-order valence-corrected chi connectivity index (χ0v) is 20.0. The number of ether oxygens (including phenoxy) is 2. The molecule has 2 amide bonds. The van der Waals surface area contributed by atoms with Crippen molar-refractivity contribution in [3.8, 4) is 5.75 Å². The lowest BCUT2D eigenvalue weighted by Crippen LogP contribution is -2.43. The molecule has 0 spiro atoms. The average Bonchev–Trinajstić information content (AvgIpc) is 2.89. The van der Waals surface area contributed by atoms with Crippen molar-refractivity contribution < 1.29 is 19.1 Å². The van der Waals surface area contributed by atoms with Crippen LogP contribution in [0.4, 0.5) is 0 Å². The predicted molar refractivity (Wildman–Crippen MR) is 132 cm³/mol. The van der Waals surface area contributed by atoms with Gasteiger partial charge in [-0.3, -0.25) is 14.4 Å². The molecule has 1 aliphatic rings. The van der Waals surface area contributed by atoms with E-state index < -0.39 is 17.2 Å². The molecule has 1 aromatic heterocycles. The van der Waals surface area contributed by atoms with E-state index in [0.29, 0.717) is 38.6 Å². The molecule has 4 rings (SSSR count). The van der Waals surface area contributed by atoms with Crippen LogP contribution < -0.4 is 15.5 Å². The number of aryl methyl sites for hydroxylation is 1. The van der Waals surface area contributed by atoms with Gasteiger partial charge in [0.2, 0.25) is 5.43 Å². The fourth-order valence-electron chi connectivity index (χ4n) is 3.94. The number of nitrogens with one attached hydrogen (secondary N) is 1. The highest BCUT2D eigenvalue weighted by molar-refractivity contribution is 5.99. The number of hydrogen-bond acceptors (Lipinski definition) is 5. The summed E-state index contributed by atoms with van der Waals surface area (Å²) >= 11 is 0. The molecule has 2 heterocycles. The number of carbonyl (C=O) groups is 2. The number of aromatic nitrogens is 1. The molecule has 0 unspecified atom stereocenters. The monoisotopic (exact) mass is 475 g/mol. The summed E-state index contributed by atoms with van der Waals surface area (Å²) in [4.78, 5) is 41.2. The van der Waals surface area contributed by atoms with E-state index in [1.165, 1.54) is 12.4 Å². The van der Waals surface area contributed by atoms with Crippen molar-refractivity contribution in [2.45, 2.75) is 20.0 Å². The molecule has 8 heteroatoms. The Labute approximate surface area is 204 Å². The third-order valence-corrected chi connectivity index (χ3v) is 5.93. The van der Waals surface area contributed by atoms with E-state index >= 15 is 0 Å². The van der Waals surface area contributed by atoms with Gasteiger partial charge in [0.15, 0.2) is 0 Å². The van der Waals surface area contributed by atoms with Crippen LogP contribution in [0.25, 0.3) is 0 Å². The summed E-state index contributed by atoms with van der Waals surface area (Å²) in [5.74, 6) is -0.221. The second-order valence-corrected chi connectivity index (χ2v) is 8.51. The summed E-state index contributed by atoms with van der Waals surface area (Å²) in [6, 6.07) is 15.3. The van der Waals surface area contributed by atoms with Crippen LogP contribution in [-0.2, 0) is 17.8 Å². The zero-order valence-electron chi connectivity index (χ0n) is 20.0. The van der Waals surface area contributed by atoms with E-state index in [-0.39, 0.29) is 17.7 Å². The smallest absolute Gasteiger partial charge is 0.259 e. The highest BCUT2D eigenvalue weighted by Crippen LogP contribution is 2.15. The van der Waals surface area contributed by atoms with Gasteiger partial charge in [0.25, 0.3) is 11.8 Å². The van der Waals surface area contributed by atoms with E-state index in [4.69, 9.17) is 9.47 Å². The van der Waals surface area contributed by atoms with Gasteiger partial charge in [0.05, 0.1) is 20.3 Å². The Hall–Kier alpha value is -3.91. The maximum Gasteiger partial charge on any atom is 0.259 e. The number of pyridine rings is 1. The first-order valence-electron chi connectivity index (χ1n) is 11.5. The Kier molecular flexibility index (Phi) is 7.62. The van der Waals surface area contributed by atoms with Gasteiger partial charge < -0.3 is 24.3 Å². The third-order valence-electron chi connectivity index (χ3n) is 5.93. The van der Waals surface area contributed by atoms with Crippen molar-refractivity contribution in [3.05, 3.63) is 99.0 Å². The largest absolute Gasteiger partial charge is 0.497 e. The molecule has 1 N–H and O–H groups in total. The van der Waals surface area contributed by atoms with Crippen LogP contribution in [0, 0.1) is 6.92 Å². The van der Waals surface area contributed by atoms with E-state index in [2.05, 4.69) is 5.32 Å². The van der Waals surface area contributed by atoms with Crippen molar-refractivity contribution in [2.75, 3.05) is 33.4 Å². The number of rotatable bonds is 7. The minimum Gasteiger partial charge on any atom is -0.497 e. The minimum absolute atomic E-state index is 0.0298. The Bertz CT molecular complexity index is 1260. The fourth-order valence-corrected chi connectivity index (χ4v) is 3.94. The van der Waals surface area contributed by atoms with Gasteiger partial charge in [-0.25, -0.2) is 0 Å². The van der Waals surface area contributed by atoms with Crippen molar-refractivity contribution in [1.82, 2.24) is 14.8 Å². The van der Waals surface area contributed by atoms with Crippen LogP contribution >= 0.6 is 0 Å². The van der Waals surface area contributed by atoms with Crippen LogP contribution in [0.3, 0.4) is 0 Å². The second kappa shape index (κ2) is 11.0. The number of nitrogens with zero attached hydrogens (tertiary/aromatic N) is 2. The van der Waals surface area contributed by atoms with Crippen LogP contribution in [0.1, 0.15) is 37.4 Å². The molecule has 1 fully saturated rings. The molecular formula is C27H29N3O5. The summed E-state index contributed by atoms with van der Waals surface area (Å²) in [6.07, 6.45) is 3.03. The summed E-state index contributed by atoms with van der Waals surface area (Å²) in [6.45, 7) is 4.26. The number of methoxy groups -OCH3 is 1. The highest BCUT2D eigenvalue weighted by atomic mass is 16.5. The van der Waals surface area contributed by atoms with Gasteiger partial charge in [-0.1, -0.05) is 42.0 Å². The second-order valence-electron chi connectivity index (χ2n) is 8.51. The molecule has 35 heavy (non-hydrogen) atoms. The van der Waals surface area contributed by atoms with Crippen molar-refractivity contribution in [1.29, 1.82) is 0 Å². The molecule has 0 radical (unpaired) electrons. The van der Waals surface area contributed by atoms with Crippen LogP contribution in [-0.4, -0.2) is 54.7 Å². The molecule has 2 aromatic carbocycles. The van der Waals surface area contributed by atoms with Gasteiger partial charge in [0.1, 0.15) is 16.9 Å². The number of hydrogen-bond donors (Lipinski definition) is 1. The third kappa shape index (κ3) is 5.96. The summed E-state index contributed by atoms with van der Waals surface area (Å²) in [5.41, 5.74) is 2.27. The van der Waals surface area contributed by atoms with E-state index in [9.17, 15) is 14.4 Å². The maximum atomic E-state index is 13.3. The van der Waals surface area contributed by atoms with Crippen molar-refractivity contribution in [2.24, 2.45) is 0 Å². The molecule has 8 nitrogen and oxygen atoms in total. The SMILES string of the molecule is COc1cccc(Cn2cc(C(=O)NCc3ccc(C)cc3)c(=O)c(C(=O)N3CCOCC3)c2)c1. The van der Waals surface area contributed by atoms with Crippen LogP contribution in [0.2, 0.25) is 0 Å². The van der Waals surface area contributed by atoms with Gasteiger partial charge in [-0.2, -0.15) is 0 Å². The van der Waals surface area contributed by atoms with Crippen molar-refractivity contribution in [3.63, 3.8) is 0 Å². The lowest BCUT2D eigenvalue weighted by Gasteiger charge is -2.27. The van der Waals surface area contributed by atoms with E-state index in [1.54, 1.807) is 16.6 Å². The van der Waals surface area contributed by atoms with Crippen LogP contribution in [0.5, 0.6) is 5.75 Å². The van der Waals surface area contributed by atoms with Gasteiger partial charge in [-0.05, 0) is 30.2 Å². The average molecular weight is 476 g/mol. The first-order valence-corrected chi connectivity index (χ1v) is 11.5. The first kappa shape index (κ1) is 24.2. The Morgan fingerprint density at radius 3 is 2.43 bits per heavy atom. The molecule has 1 aliphatic heterocycles. The van der Waals surface area contributed by atoms with Crippen molar-refractivity contribution >= 4 is 11.8 Å². The lowest BCUT2D eigenvalue weighted by molar-refractivity contribution is 0.0301. The normalized spacial score (nSPS) is 13.4. The Morgan fingerprint density at radius 1 is 1.00 bits per heavy atom. The topological polar surface area (TPSA) is 89.9 Å². The maximum absolute atomic E-state index is 13.3. The molecule has 0 bridgehead atoms. The Morgan fingerprint density at radius 2 is 1.71 bits per heavy atom. The quantitative estimate of drug-likeness (QED) is 0.568. The molecule has 182 valence electrons. The molecule has 1 saturated heterocycles. The molecule has 3 aromatic rings. The standard InChI is InChI=1S/C27H29N3O5/c1-19-6-8-20(9-7-19)15-28-26(32)23-17-29(16-21-4-3-5-22(14-21)34-2)18-24(25(23)31)27(33)30-10-12-35-13-11-30/h3-9,14,17-18H,10-13,15-16H2,1-2H3,(H,28,32). The zero-order chi connectivity index (χ0) is 24.8. The molecular weight excluding hydrogens is 446 g/mol. The van der Waals surface area contributed by atoms with Gasteiger partial charge in [-0.15, -0.1) is 0 Å². The van der Waals surface area contributed by atoms with Crippen LogP contribution in [0.15, 0.2) is 65.7 Å². The number of amides is 2. The van der Waals surface area contributed by atoms with E-state index in [0.717, 1.165) is 16.7 Å². The summed E-state index contributed by atoms with van der Waals surface area (Å²) in [7, 11) is 1.59. The fraction of sp³-hybridized carbons (Fsp3) is 0.296. The predicted octanol–water partition coefficient (Wildman–Crippen LogP) is 2.62. The van der Waals surface area contributed by atoms with Gasteiger partial charge in [0, 0.05) is 38.6 Å². The summed E-state index contributed by atoms with van der Waals surface area (Å²) in [5, 5.41) is 2.81.